The molecule has 0 aromatic heterocycles. The zero-order valence-electron chi connectivity index (χ0n) is 10.1. The van der Waals surface area contributed by atoms with Crippen molar-refractivity contribution in [2.45, 2.75) is 19.3 Å². The quantitative estimate of drug-likeness (QED) is 0.870. The lowest BCUT2D eigenvalue weighted by molar-refractivity contribution is 0.0497. The van der Waals surface area contributed by atoms with Gasteiger partial charge < -0.3 is 14.8 Å². The van der Waals surface area contributed by atoms with Gasteiger partial charge in [0.2, 0.25) is 0 Å². The zero-order chi connectivity index (χ0) is 11.5. The molecule has 1 N–H and O–H groups in total. The van der Waals surface area contributed by atoms with Crippen molar-refractivity contribution in [2.24, 2.45) is 5.92 Å². The first-order valence-electron chi connectivity index (χ1n) is 6.49. The molecule has 0 atom stereocenters. The molecule has 0 bridgehead atoms. The Morgan fingerprint density at radius 3 is 3.06 bits per heavy atom. The Bertz CT molecular complexity index is 386. The standard InChI is InChI=1S/C14H19NO2/c1-2-13(9-14-12(1)3-6-15-14)17-10-11-4-7-16-8-5-11/h1-2,9,11,15H,3-8,10H2. The van der Waals surface area contributed by atoms with Crippen molar-refractivity contribution in [3.8, 4) is 5.75 Å². The summed E-state index contributed by atoms with van der Waals surface area (Å²) < 4.78 is 11.2. The average Bonchev–Trinajstić information content (AvgIpc) is 2.85. The molecular weight excluding hydrogens is 214 g/mol. The van der Waals surface area contributed by atoms with Crippen LogP contribution >= 0.6 is 0 Å². The fourth-order valence-electron chi connectivity index (χ4n) is 2.49. The maximum absolute atomic E-state index is 5.88. The van der Waals surface area contributed by atoms with Crippen LogP contribution in [0, 0.1) is 5.92 Å². The van der Waals surface area contributed by atoms with Crippen LogP contribution in [-0.2, 0) is 11.2 Å². The predicted molar refractivity (Wildman–Crippen MR) is 67.7 cm³/mol. The molecule has 2 heterocycles. The molecule has 1 saturated heterocycles. The summed E-state index contributed by atoms with van der Waals surface area (Å²) in [6.45, 7) is 3.65. The van der Waals surface area contributed by atoms with Crippen molar-refractivity contribution in [3.63, 3.8) is 0 Å². The molecule has 0 unspecified atom stereocenters. The van der Waals surface area contributed by atoms with E-state index in [9.17, 15) is 0 Å². The van der Waals surface area contributed by atoms with E-state index in [1.165, 1.54) is 11.3 Å². The number of fused-ring (bicyclic) bond motifs is 1. The number of benzene rings is 1. The van der Waals surface area contributed by atoms with Crippen LogP contribution < -0.4 is 10.1 Å². The Morgan fingerprint density at radius 1 is 1.29 bits per heavy atom. The molecule has 3 rings (SSSR count). The van der Waals surface area contributed by atoms with E-state index in [1.54, 1.807) is 0 Å². The normalized spacial score (nSPS) is 19.8. The van der Waals surface area contributed by atoms with Gasteiger partial charge in [0.1, 0.15) is 5.75 Å². The molecule has 0 amide bonds. The summed E-state index contributed by atoms with van der Waals surface area (Å²) in [5, 5.41) is 3.38. The van der Waals surface area contributed by atoms with Crippen molar-refractivity contribution in [2.75, 3.05) is 31.7 Å². The van der Waals surface area contributed by atoms with Crippen molar-refractivity contribution >= 4 is 5.69 Å². The van der Waals surface area contributed by atoms with E-state index in [4.69, 9.17) is 9.47 Å². The summed E-state index contributed by atoms with van der Waals surface area (Å²) in [7, 11) is 0. The second-order valence-corrected chi connectivity index (χ2v) is 4.86. The molecule has 0 spiro atoms. The van der Waals surface area contributed by atoms with Crippen LogP contribution in [-0.4, -0.2) is 26.4 Å². The first-order chi connectivity index (χ1) is 8.42. The van der Waals surface area contributed by atoms with E-state index in [0.717, 1.165) is 51.4 Å². The maximum atomic E-state index is 5.88. The second-order valence-electron chi connectivity index (χ2n) is 4.86. The number of ether oxygens (including phenoxy) is 2. The zero-order valence-corrected chi connectivity index (χ0v) is 10.1. The first-order valence-corrected chi connectivity index (χ1v) is 6.49. The predicted octanol–water partition coefficient (Wildman–Crippen LogP) is 2.46. The van der Waals surface area contributed by atoms with Gasteiger partial charge in [-0.3, -0.25) is 0 Å². The van der Waals surface area contributed by atoms with Gasteiger partial charge in [0, 0.05) is 31.5 Å². The van der Waals surface area contributed by atoms with Gasteiger partial charge in [-0.1, -0.05) is 6.07 Å². The summed E-state index contributed by atoms with van der Waals surface area (Å²) in [6, 6.07) is 6.39. The number of anilines is 1. The van der Waals surface area contributed by atoms with E-state index in [2.05, 4.69) is 23.5 Å². The number of nitrogens with one attached hydrogen (secondary N) is 1. The fourth-order valence-corrected chi connectivity index (χ4v) is 2.49. The second kappa shape index (κ2) is 4.96. The van der Waals surface area contributed by atoms with Gasteiger partial charge in [-0.2, -0.15) is 0 Å². The van der Waals surface area contributed by atoms with Crippen LogP contribution in [0.5, 0.6) is 5.75 Å². The molecule has 0 saturated carbocycles. The van der Waals surface area contributed by atoms with Gasteiger partial charge in [-0.05, 0) is 36.8 Å². The van der Waals surface area contributed by atoms with E-state index >= 15 is 0 Å². The monoisotopic (exact) mass is 233 g/mol. The highest BCUT2D eigenvalue weighted by molar-refractivity contribution is 5.58. The van der Waals surface area contributed by atoms with Crippen LogP contribution in [0.4, 0.5) is 5.69 Å². The Labute approximate surface area is 102 Å². The highest BCUT2D eigenvalue weighted by Gasteiger charge is 2.15. The minimum absolute atomic E-state index is 0.657. The maximum Gasteiger partial charge on any atom is 0.121 e. The highest BCUT2D eigenvalue weighted by Crippen LogP contribution is 2.27. The molecule has 2 aliphatic rings. The van der Waals surface area contributed by atoms with Crippen molar-refractivity contribution in [1.82, 2.24) is 0 Å². The highest BCUT2D eigenvalue weighted by atomic mass is 16.5. The lowest BCUT2D eigenvalue weighted by Crippen LogP contribution is -2.21. The van der Waals surface area contributed by atoms with E-state index in [1.807, 2.05) is 0 Å². The van der Waals surface area contributed by atoms with Crippen LogP contribution in [0.15, 0.2) is 18.2 Å². The van der Waals surface area contributed by atoms with Crippen molar-refractivity contribution in [3.05, 3.63) is 23.8 Å². The number of rotatable bonds is 3. The summed E-state index contributed by atoms with van der Waals surface area (Å²) in [5.74, 6) is 1.65. The molecule has 3 nitrogen and oxygen atoms in total. The fraction of sp³-hybridized carbons (Fsp3) is 0.571. The van der Waals surface area contributed by atoms with Gasteiger partial charge in [0.15, 0.2) is 0 Å². The third kappa shape index (κ3) is 2.55. The number of hydrogen-bond donors (Lipinski definition) is 1. The third-order valence-corrected chi connectivity index (χ3v) is 3.62. The Kier molecular flexibility index (Phi) is 3.18. The Hall–Kier alpha value is -1.22. The van der Waals surface area contributed by atoms with E-state index in [0.29, 0.717) is 5.92 Å². The van der Waals surface area contributed by atoms with Gasteiger partial charge in [-0.15, -0.1) is 0 Å². The summed E-state index contributed by atoms with van der Waals surface area (Å²) >= 11 is 0. The van der Waals surface area contributed by atoms with Crippen LogP contribution in [0.25, 0.3) is 0 Å². The largest absolute Gasteiger partial charge is 0.493 e. The van der Waals surface area contributed by atoms with Crippen LogP contribution in [0.1, 0.15) is 18.4 Å². The molecule has 1 aromatic rings. The van der Waals surface area contributed by atoms with Gasteiger partial charge in [-0.25, -0.2) is 0 Å². The molecule has 3 heteroatoms. The lowest BCUT2D eigenvalue weighted by Gasteiger charge is -2.22. The average molecular weight is 233 g/mol. The van der Waals surface area contributed by atoms with Crippen molar-refractivity contribution in [1.29, 1.82) is 0 Å². The Morgan fingerprint density at radius 2 is 2.18 bits per heavy atom. The van der Waals surface area contributed by atoms with E-state index < -0.39 is 0 Å². The first kappa shape index (κ1) is 10.9. The molecule has 92 valence electrons. The molecule has 17 heavy (non-hydrogen) atoms. The van der Waals surface area contributed by atoms with Crippen LogP contribution in [0.3, 0.4) is 0 Å². The van der Waals surface area contributed by atoms with Gasteiger partial charge in [0.25, 0.3) is 0 Å². The third-order valence-electron chi connectivity index (χ3n) is 3.62. The van der Waals surface area contributed by atoms with Gasteiger partial charge >= 0.3 is 0 Å². The SMILES string of the molecule is c1cc2c(cc1OCC1CCOCC1)NCC2. The molecule has 1 aromatic carbocycles. The molecule has 0 aliphatic carbocycles. The molecular formula is C14H19NO2. The van der Waals surface area contributed by atoms with Gasteiger partial charge in [0.05, 0.1) is 6.61 Å². The lowest BCUT2D eigenvalue weighted by atomic mass is 10.0. The minimum atomic E-state index is 0.657. The van der Waals surface area contributed by atoms with Crippen molar-refractivity contribution < 1.29 is 9.47 Å². The summed E-state index contributed by atoms with van der Waals surface area (Å²) in [4.78, 5) is 0. The van der Waals surface area contributed by atoms with E-state index in [-0.39, 0.29) is 0 Å². The van der Waals surface area contributed by atoms with Crippen LogP contribution in [0.2, 0.25) is 0 Å². The molecule has 1 fully saturated rings. The molecule has 0 radical (unpaired) electrons. The summed E-state index contributed by atoms with van der Waals surface area (Å²) in [5.41, 5.74) is 2.65. The number of hydrogen-bond acceptors (Lipinski definition) is 3. The smallest absolute Gasteiger partial charge is 0.121 e. The topological polar surface area (TPSA) is 30.5 Å². The molecule has 2 aliphatic heterocycles. The Balaban J connectivity index is 1.57. The summed E-state index contributed by atoms with van der Waals surface area (Å²) in [6.07, 6.45) is 3.39. The minimum Gasteiger partial charge on any atom is -0.493 e.